The van der Waals surface area contributed by atoms with Gasteiger partial charge in [0.1, 0.15) is 17.2 Å². The molecule has 4 aliphatic heterocycles. The van der Waals surface area contributed by atoms with Crippen molar-refractivity contribution in [2.75, 3.05) is 39.3 Å². The molecule has 8 nitrogen and oxygen atoms in total. The Kier molecular flexibility index (Phi) is 7.45. The predicted molar refractivity (Wildman–Crippen MR) is 147 cm³/mol. The van der Waals surface area contributed by atoms with Crippen LogP contribution in [0, 0.1) is 0 Å². The standard InChI is InChI=1S/C31H34N4O4/c36-29(21-34-12-2-1-3-13-34)35-14-10-22-16-26-8-9-28(22)30(35)23-6-4-7-25(17-23)38-15-5-11-33-31(37)24-18-27(39-26)20-32-19-24/h4,6-9,16-20,30H,1-3,5,10-15,21H2,(H,33,37). The fraction of sp³-hybridized carbons (Fsp3) is 0.387. The lowest BCUT2D eigenvalue weighted by Crippen LogP contribution is -2.46. The van der Waals surface area contributed by atoms with Crippen LogP contribution in [-0.4, -0.2) is 65.9 Å². The lowest BCUT2D eigenvalue weighted by Gasteiger charge is -2.39. The minimum absolute atomic E-state index is 0.167. The molecule has 2 aromatic carbocycles. The fourth-order valence-electron chi connectivity index (χ4n) is 5.77. The molecule has 1 atom stereocenters. The number of piperidine rings is 1. The maximum absolute atomic E-state index is 13.7. The molecule has 0 spiro atoms. The largest absolute Gasteiger partial charge is 0.494 e. The highest BCUT2D eigenvalue weighted by atomic mass is 16.5. The Morgan fingerprint density at radius 1 is 0.949 bits per heavy atom. The third kappa shape index (κ3) is 5.76. The van der Waals surface area contributed by atoms with E-state index in [-0.39, 0.29) is 17.9 Å². The number of rotatable bonds is 2. The van der Waals surface area contributed by atoms with Gasteiger partial charge in [-0.2, -0.15) is 0 Å². The first-order valence-corrected chi connectivity index (χ1v) is 13.9. The summed E-state index contributed by atoms with van der Waals surface area (Å²) < 4.78 is 12.2. The van der Waals surface area contributed by atoms with E-state index in [2.05, 4.69) is 27.3 Å². The number of nitrogens with zero attached hydrogens (tertiary/aromatic N) is 3. The highest BCUT2D eigenvalue weighted by Gasteiger charge is 2.33. The first-order chi connectivity index (χ1) is 19.1. The van der Waals surface area contributed by atoms with Gasteiger partial charge in [-0.05, 0) is 85.8 Å². The number of carbonyl (C=O) groups excluding carboxylic acids is 2. The number of amides is 2. The molecule has 0 saturated carbocycles. The van der Waals surface area contributed by atoms with Gasteiger partial charge in [-0.25, -0.2) is 0 Å². The zero-order chi connectivity index (χ0) is 26.6. The van der Waals surface area contributed by atoms with E-state index in [4.69, 9.17) is 9.47 Å². The summed E-state index contributed by atoms with van der Waals surface area (Å²) in [4.78, 5) is 34.9. The summed E-state index contributed by atoms with van der Waals surface area (Å²) in [5, 5.41) is 2.92. The summed E-state index contributed by atoms with van der Waals surface area (Å²) in [6.07, 6.45) is 8.11. The van der Waals surface area contributed by atoms with Crippen LogP contribution in [0.25, 0.3) is 0 Å². The van der Waals surface area contributed by atoms with Crippen LogP contribution in [0.2, 0.25) is 0 Å². The van der Waals surface area contributed by atoms with Crippen molar-refractivity contribution < 1.29 is 19.1 Å². The van der Waals surface area contributed by atoms with Gasteiger partial charge in [0.25, 0.3) is 5.91 Å². The molecule has 2 amide bonds. The molecule has 4 aliphatic rings. The van der Waals surface area contributed by atoms with E-state index in [0.29, 0.717) is 49.7 Å². The van der Waals surface area contributed by atoms with Crippen molar-refractivity contribution in [3.8, 4) is 17.2 Å². The molecule has 3 aromatic rings. The number of hydrogen-bond acceptors (Lipinski definition) is 6. The van der Waals surface area contributed by atoms with Gasteiger partial charge in [0.05, 0.1) is 31.0 Å². The number of hydrogen-bond donors (Lipinski definition) is 1. The zero-order valence-corrected chi connectivity index (χ0v) is 22.1. The molecule has 0 radical (unpaired) electrons. The number of nitrogens with one attached hydrogen (secondary N) is 1. The van der Waals surface area contributed by atoms with Crippen molar-refractivity contribution in [2.24, 2.45) is 0 Å². The summed E-state index contributed by atoms with van der Waals surface area (Å²) >= 11 is 0. The van der Waals surface area contributed by atoms with E-state index < -0.39 is 0 Å². The highest BCUT2D eigenvalue weighted by molar-refractivity contribution is 5.94. The fourth-order valence-corrected chi connectivity index (χ4v) is 5.77. The van der Waals surface area contributed by atoms with E-state index in [1.54, 1.807) is 12.3 Å². The van der Waals surface area contributed by atoms with E-state index in [0.717, 1.165) is 54.8 Å². The smallest absolute Gasteiger partial charge is 0.252 e. The molecule has 8 bridgehead atoms. The second-order valence-electron chi connectivity index (χ2n) is 10.5. The number of benzene rings is 2. The molecule has 1 N–H and O–H groups in total. The van der Waals surface area contributed by atoms with Crippen LogP contribution in [0.15, 0.2) is 60.9 Å². The van der Waals surface area contributed by atoms with E-state index in [1.165, 1.54) is 12.6 Å². The van der Waals surface area contributed by atoms with Crippen LogP contribution < -0.4 is 14.8 Å². The summed E-state index contributed by atoms with van der Waals surface area (Å²) in [6, 6.07) is 15.6. The van der Waals surface area contributed by atoms with Crippen molar-refractivity contribution in [2.45, 2.75) is 38.1 Å². The number of pyridine rings is 1. The monoisotopic (exact) mass is 526 g/mol. The van der Waals surface area contributed by atoms with Gasteiger partial charge >= 0.3 is 0 Å². The summed E-state index contributed by atoms with van der Waals surface area (Å²) in [7, 11) is 0. The minimum Gasteiger partial charge on any atom is -0.494 e. The topological polar surface area (TPSA) is 84.0 Å². The SMILES string of the molecule is O=C1NCCCOc2cccc(c2)C2c3ccc(cc3CCN2C(=O)CN2CCCCC2)Oc2cncc1c2. The molecule has 1 unspecified atom stereocenters. The molecule has 1 fully saturated rings. The lowest BCUT2D eigenvalue weighted by molar-refractivity contribution is -0.134. The van der Waals surface area contributed by atoms with Crippen LogP contribution >= 0.6 is 0 Å². The molecule has 39 heavy (non-hydrogen) atoms. The van der Waals surface area contributed by atoms with Gasteiger partial charge in [-0.1, -0.05) is 24.6 Å². The maximum atomic E-state index is 13.7. The predicted octanol–water partition coefficient (Wildman–Crippen LogP) is 4.35. The van der Waals surface area contributed by atoms with Crippen molar-refractivity contribution in [1.29, 1.82) is 0 Å². The molecule has 0 aliphatic carbocycles. The Balaban J connectivity index is 1.36. The van der Waals surface area contributed by atoms with Crippen LogP contribution in [0.4, 0.5) is 0 Å². The Morgan fingerprint density at radius 3 is 2.74 bits per heavy atom. The number of likely N-dealkylation sites (tertiary alicyclic amines) is 1. The average molecular weight is 527 g/mol. The van der Waals surface area contributed by atoms with Gasteiger partial charge in [-0.15, -0.1) is 0 Å². The third-order valence-corrected chi connectivity index (χ3v) is 7.73. The first kappa shape index (κ1) is 25.4. The Morgan fingerprint density at radius 2 is 1.85 bits per heavy atom. The van der Waals surface area contributed by atoms with Crippen LogP contribution in [-0.2, 0) is 11.2 Å². The van der Waals surface area contributed by atoms with Gasteiger partial charge in [0, 0.05) is 19.3 Å². The number of fused-ring (bicyclic) bond motifs is 6. The first-order valence-electron chi connectivity index (χ1n) is 13.9. The maximum Gasteiger partial charge on any atom is 0.252 e. The zero-order valence-electron chi connectivity index (χ0n) is 22.1. The molecule has 8 heteroatoms. The van der Waals surface area contributed by atoms with Crippen molar-refractivity contribution in [1.82, 2.24) is 20.1 Å². The van der Waals surface area contributed by atoms with Gasteiger partial charge in [-0.3, -0.25) is 19.5 Å². The van der Waals surface area contributed by atoms with Crippen LogP contribution in [0.3, 0.4) is 0 Å². The Bertz CT molecular complexity index is 1350. The Hall–Kier alpha value is -3.91. The van der Waals surface area contributed by atoms with Gasteiger partial charge in [0.2, 0.25) is 5.91 Å². The van der Waals surface area contributed by atoms with E-state index >= 15 is 0 Å². The van der Waals surface area contributed by atoms with Crippen molar-refractivity contribution in [3.63, 3.8) is 0 Å². The van der Waals surface area contributed by atoms with E-state index in [1.807, 2.05) is 35.2 Å². The second kappa shape index (κ2) is 11.5. The molecule has 1 aromatic heterocycles. The summed E-state index contributed by atoms with van der Waals surface area (Å²) in [6.45, 7) is 4.01. The number of ether oxygens (including phenoxy) is 2. The third-order valence-electron chi connectivity index (χ3n) is 7.73. The highest BCUT2D eigenvalue weighted by Crippen LogP contribution is 2.38. The van der Waals surface area contributed by atoms with Crippen molar-refractivity contribution in [3.05, 3.63) is 83.2 Å². The van der Waals surface area contributed by atoms with Crippen molar-refractivity contribution >= 4 is 11.8 Å². The van der Waals surface area contributed by atoms with Gasteiger partial charge < -0.3 is 19.7 Å². The molecular weight excluding hydrogens is 492 g/mol. The normalized spacial score (nSPS) is 19.7. The average Bonchev–Trinajstić information content (AvgIpc) is 2.96. The quantitative estimate of drug-likeness (QED) is 0.535. The minimum atomic E-state index is -0.202. The molecule has 202 valence electrons. The molecule has 5 heterocycles. The van der Waals surface area contributed by atoms with Crippen LogP contribution in [0.5, 0.6) is 17.2 Å². The number of aromatic nitrogens is 1. The van der Waals surface area contributed by atoms with E-state index in [9.17, 15) is 9.59 Å². The molecule has 7 rings (SSSR count). The second-order valence-corrected chi connectivity index (χ2v) is 10.5. The van der Waals surface area contributed by atoms with Gasteiger partial charge in [0.15, 0.2) is 0 Å². The molecule has 1 saturated heterocycles. The summed E-state index contributed by atoms with van der Waals surface area (Å²) in [5.41, 5.74) is 3.72. The Labute approximate surface area is 228 Å². The molecular formula is C31H34N4O4. The lowest BCUT2D eigenvalue weighted by atomic mass is 9.87. The summed E-state index contributed by atoms with van der Waals surface area (Å²) in [5.74, 6) is 1.91. The number of carbonyl (C=O) groups is 2. The van der Waals surface area contributed by atoms with Crippen LogP contribution in [0.1, 0.15) is 58.8 Å².